The topological polar surface area (TPSA) is 126 Å². The quantitative estimate of drug-likeness (QED) is 0.382. The lowest BCUT2D eigenvalue weighted by atomic mass is 9.94. The molecule has 1 heterocycles. The second-order valence-corrected chi connectivity index (χ2v) is 9.17. The number of nitrogens with one attached hydrogen (secondary N) is 3. The van der Waals surface area contributed by atoms with Crippen molar-refractivity contribution in [2.45, 2.75) is 57.3 Å². The molecule has 9 heteroatoms. The van der Waals surface area contributed by atoms with E-state index in [9.17, 15) is 19.2 Å². The van der Waals surface area contributed by atoms with Crippen LogP contribution < -0.4 is 20.7 Å². The fourth-order valence-electron chi connectivity index (χ4n) is 3.82. The molecule has 0 aliphatic carbocycles. The molecule has 0 bridgehead atoms. The average Bonchev–Trinajstić information content (AvgIpc) is 3.61. The highest BCUT2D eigenvalue weighted by Gasteiger charge is 2.50. The highest BCUT2D eigenvalue weighted by atomic mass is 16.6. The second-order valence-electron chi connectivity index (χ2n) is 9.17. The van der Waals surface area contributed by atoms with Gasteiger partial charge < -0.3 is 25.4 Å². The standard InChI is InChI=1S/C27H33N3O6/c1-17(28-18(2)31)25(33)30-23(15-20-10-12-21(35-4)13-11-20)26(34)29-22(24(32)27(3)16-36-27)14-19-8-6-5-7-9-19/h5-13,17,22-23H,14-16H2,1-4H3,(H,28,31)(H,29,34)(H,30,33)/t17-,22-,23-,27+/m0/s1. The zero-order valence-electron chi connectivity index (χ0n) is 21.0. The summed E-state index contributed by atoms with van der Waals surface area (Å²) in [7, 11) is 1.56. The normalized spacial score (nSPS) is 18.8. The number of benzene rings is 2. The van der Waals surface area contributed by atoms with Crippen molar-refractivity contribution < 1.29 is 28.7 Å². The summed E-state index contributed by atoms with van der Waals surface area (Å²) in [5.74, 6) is -0.940. The van der Waals surface area contributed by atoms with Crippen LogP contribution in [0, 0.1) is 0 Å². The number of epoxide rings is 1. The predicted molar refractivity (Wildman–Crippen MR) is 133 cm³/mol. The first-order chi connectivity index (χ1) is 17.1. The van der Waals surface area contributed by atoms with Gasteiger partial charge >= 0.3 is 0 Å². The molecule has 0 radical (unpaired) electrons. The van der Waals surface area contributed by atoms with Crippen molar-refractivity contribution in [3.63, 3.8) is 0 Å². The lowest BCUT2D eigenvalue weighted by Crippen LogP contribution is -2.57. The number of amides is 3. The lowest BCUT2D eigenvalue weighted by Gasteiger charge is -2.25. The molecule has 3 amide bonds. The molecule has 2 aromatic rings. The Morgan fingerprint density at radius 3 is 2.00 bits per heavy atom. The van der Waals surface area contributed by atoms with Crippen LogP contribution in [-0.2, 0) is 36.8 Å². The third-order valence-corrected chi connectivity index (χ3v) is 6.06. The highest BCUT2D eigenvalue weighted by Crippen LogP contribution is 2.29. The van der Waals surface area contributed by atoms with E-state index in [1.807, 2.05) is 30.3 Å². The van der Waals surface area contributed by atoms with Gasteiger partial charge in [0.05, 0.1) is 19.8 Å². The molecule has 1 fully saturated rings. The Morgan fingerprint density at radius 2 is 1.44 bits per heavy atom. The van der Waals surface area contributed by atoms with Gasteiger partial charge in [-0.1, -0.05) is 42.5 Å². The van der Waals surface area contributed by atoms with E-state index in [4.69, 9.17) is 9.47 Å². The first kappa shape index (κ1) is 26.9. The van der Waals surface area contributed by atoms with Gasteiger partial charge in [-0.05, 0) is 43.5 Å². The fourth-order valence-corrected chi connectivity index (χ4v) is 3.82. The number of ether oxygens (including phenoxy) is 2. The molecule has 36 heavy (non-hydrogen) atoms. The highest BCUT2D eigenvalue weighted by molar-refractivity contribution is 5.98. The molecule has 0 spiro atoms. The van der Waals surface area contributed by atoms with Gasteiger partial charge in [-0.2, -0.15) is 0 Å². The molecule has 192 valence electrons. The van der Waals surface area contributed by atoms with E-state index < -0.39 is 35.5 Å². The van der Waals surface area contributed by atoms with Crippen molar-refractivity contribution in [1.29, 1.82) is 0 Å². The van der Waals surface area contributed by atoms with Gasteiger partial charge in [-0.25, -0.2) is 0 Å². The molecule has 2 aromatic carbocycles. The van der Waals surface area contributed by atoms with Crippen LogP contribution >= 0.6 is 0 Å². The van der Waals surface area contributed by atoms with Crippen LogP contribution in [0.15, 0.2) is 54.6 Å². The van der Waals surface area contributed by atoms with Crippen molar-refractivity contribution in [2.24, 2.45) is 0 Å². The Morgan fingerprint density at radius 1 is 0.889 bits per heavy atom. The van der Waals surface area contributed by atoms with E-state index in [0.29, 0.717) is 12.4 Å². The zero-order valence-corrected chi connectivity index (χ0v) is 21.0. The SMILES string of the molecule is COc1ccc(C[C@H](NC(=O)[C@H](C)NC(C)=O)C(=O)N[C@@H](Cc2ccccc2)C(=O)[C@@]2(C)CO2)cc1. The molecule has 4 atom stereocenters. The fraction of sp³-hybridized carbons (Fsp3) is 0.407. The zero-order chi connectivity index (χ0) is 26.3. The average molecular weight is 496 g/mol. The maximum Gasteiger partial charge on any atom is 0.243 e. The molecule has 3 rings (SSSR count). The Bertz CT molecular complexity index is 1080. The largest absolute Gasteiger partial charge is 0.497 e. The summed E-state index contributed by atoms with van der Waals surface area (Å²) in [6.07, 6.45) is 0.463. The van der Waals surface area contributed by atoms with Gasteiger partial charge in [0.1, 0.15) is 23.4 Å². The summed E-state index contributed by atoms with van der Waals surface area (Å²) in [6.45, 7) is 4.84. The third kappa shape index (κ3) is 7.39. The van der Waals surface area contributed by atoms with Gasteiger partial charge in [0.2, 0.25) is 17.7 Å². The monoisotopic (exact) mass is 495 g/mol. The molecule has 0 aromatic heterocycles. The van der Waals surface area contributed by atoms with Gasteiger partial charge in [0, 0.05) is 13.3 Å². The van der Waals surface area contributed by atoms with Crippen molar-refractivity contribution in [2.75, 3.05) is 13.7 Å². The first-order valence-corrected chi connectivity index (χ1v) is 11.8. The van der Waals surface area contributed by atoms with Gasteiger partial charge in [0.25, 0.3) is 0 Å². The van der Waals surface area contributed by atoms with Crippen LogP contribution in [0.1, 0.15) is 31.9 Å². The third-order valence-electron chi connectivity index (χ3n) is 6.06. The first-order valence-electron chi connectivity index (χ1n) is 11.8. The van der Waals surface area contributed by atoms with Crippen molar-refractivity contribution in [3.05, 3.63) is 65.7 Å². The van der Waals surface area contributed by atoms with E-state index in [1.54, 1.807) is 38.3 Å². The molecule has 9 nitrogen and oxygen atoms in total. The summed E-state index contributed by atoms with van der Waals surface area (Å²) in [6, 6.07) is 13.8. The van der Waals surface area contributed by atoms with E-state index in [0.717, 1.165) is 11.1 Å². The van der Waals surface area contributed by atoms with E-state index in [2.05, 4.69) is 16.0 Å². The summed E-state index contributed by atoms with van der Waals surface area (Å²) < 4.78 is 10.5. The van der Waals surface area contributed by atoms with Gasteiger partial charge in [-0.3, -0.25) is 19.2 Å². The summed E-state index contributed by atoms with van der Waals surface area (Å²) in [4.78, 5) is 50.8. The van der Waals surface area contributed by atoms with Crippen LogP contribution in [0.4, 0.5) is 0 Å². The van der Waals surface area contributed by atoms with Crippen LogP contribution in [0.25, 0.3) is 0 Å². The maximum absolute atomic E-state index is 13.5. The summed E-state index contributed by atoms with van der Waals surface area (Å²) in [5.41, 5.74) is 0.740. The number of Topliss-reactive ketones (excluding diaryl/α,β-unsaturated/α-hetero) is 1. The van der Waals surface area contributed by atoms with Crippen LogP contribution in [0.2, 0.25) is 0 Å². The lowest BCUT2D eigenvalue weighted by molar-refractivity contribution is -0.133. The Labute approximate surface area is 210 Å². The minimum atomic E-state index is -0.985. The second kappa shape index (κ2) is 11.8. The minimum Gasteiger partial charge on any atom is -0.497 e. The molecule has 1 saturated heterocycles. The molecule has 0 unspecified atom stereocenters. The number of methoxy groups -OCH3 is 1. The number of carbonyl (C=O) groups is 4. The maximum atomic E-state index is 13.5. The minimum absolute atomic E-state index is 0.175. The molecule has 0 saturated carbocycles. The summed E-state index contributed by atoms with van der Waals surface area (Å²) in [5, 5.41) is 8.08. The number of carbonyl (C=O) groups excluding carboxylic acids is 4. The number of hydrogen-bond donors (Lipinski definition) is 3. The Hall–Kier alpha value is -3.72. The predicted octanol–water partition coefficient (Wildman–Crippen LogP) is 1.33. The van der Waals surface area contributed by atoms with Crippen molar-refractivity contribution in [1.82, 2.24) is 16.0 Å². The molecule has 3 N–H and O–H groups in total. The Balaban J connectivity index is 1.81. The van der Waals surface area contributed by atoms with Crippen LogP contribution in [0.5, 0.6) is 5.75 Å². The smallest absolute Gasteiger partial charge is 0.243 e. The van der Waals surface area contributed by atoms with E-state index >= 15 is 0 Å². The number of ketones is 1. The van der Waals surface area contributed by atoms with Crippen molar-refractivity contribution in [3.8, 4) is 5.75 Å². The summed E-state index contributed by atoms with van der Waals surface area (Å²) >= 11 is 0. The molecular formula is C27H33N3O6. The number of rotatable bonds is 12. The van der Waals surface area contributed by atoms with Crippen molar-refractivity contribution >= 4 is 23.5 Å². The van der Waals surface area contributed by atoms with E-state index in [1.165, 1.54) is 13.8 Å². The number of hydrogen-bond acceptors (Lipinski definition) is 6. The van der Waals surface area contributed by atoms with Gasteiger partial charge in [0.15, 0.2) is 5.78 Å². The molecule has 1 aliphatic rings. The van der Waals surface area contributed by atoms with E-state index in [-0.39, 0.29) is 24.5 Å². The Kier molecular flexibility index (Phi) is 8.82. The molecular weight excluding hydrogens is 462 g/mol. The van der Waals surface area contributed by atoms with Crippen LogP contribution in [0.3, 0.4) is 0 Å². The molecule has 1 aliphatic heterocycles. The van der Waals surface area contributed by atoms with Gasteiger partial charge in [-0.15, -0.1) is 0 Å². The van der Waals surface area contributed by atoms with Crippen LogP contribution in [-0.4, -0.2) is 60.9 Å².